The Labute approximate surface area is 115 Å². The van der Waals surface area contributed by atoms with E-state index in [4.69, 9.17) is 0 Å². The average molecular weight is 254 g/mol. The van der Waals surface area contributed by atoms with Crippen LogP contribution < -0.4 is 5.32 Å². The molecule has 1 fully saturated rings. The monoisotopic (exact) mass is 254 g/mol. The number of aromatic nitrogens is 1. The van der Waals surface area contributed by atoms with Crippen LogP contribution in [0.5, 0.6) is 0 Å². The van der Waals surface area contributed by atoms with Crippen molar-refractivity contribution in [3.05, 3.63) is 42.1 Å². The van der Waals surface area contributed by atoms with Gasteiger partial charge in [-0.1, -0.05) is 31.5 Å². The molecule has 1 saturated carbocycles. The molecule has 2 nitrogen and oxygen atoms in total. The quantitative estimate of drug-likeness (QED) is 0.896. The Morgan fingerprint density at radius 2 is 2.16 bits per heavy atom. The number of hydrogen-bond acceptors (Lipinski definition) is 2. The van der Waals surface area contributed by atoms with Crippen molar-refractivity contribution in [2.45, 2.75) is 44.6 Å². The van der Waals surface area contributed by atoms with Crippen molar-refractivity contribution in [1.29, 1.82) is 0 Å². The summed E-state index contributed by atoms with van der Waals surface area (Å²) in [4.78, 5) is 4.61. The molecular weight excluding hydrogens is 232 g/mol. The number of rotatable bonds is 4. The molecule has 0 radical (unpaired) electrons. The number of fused-ring (bicyclic) bond motifs is 1. The van der Waals surface area contributed by atoms with Gasteiger partial charge in [0.05, 0.1) is 5.52 Å². The molecule has 0 spiro atoms. The van der Waals surface area contributed by atoms with Crippen LogP contribution in [-0.4, -0.2) is 17.6 Å². The van der Waals surface area contributed by atoms with Crippen LogP contribution in [-0.2, 0) is 0 Å². The maximum atomic E-state index is 4.61. The summed E-state index contributed by atoms with van der Waals surface area (Å²) in [5.41, 5.74) is 2.51. The van der Waals surface area contributed by atoms with Gasteiger partial charge in [0.2, 0.25) is 0 Å². The number of nitrogens with one attached hydrogen (secondary N) is 1. The number of para-hydroxylation sites is 1. The summed E-state index contributed by atoms with van der Waals surface area (Å²) in [5, 5.41) is 4.97. The third-order valence-electron chi connectivity index (χ3n) is 4.21. The molecule has 1 aliphatic rings. The van der Waals surface area contributed by atoms with Crippen molar-refractivity contribution >= 4 is 10.9 Å². The largest absolute Gasteiger partial charge is 0.313 e. The molecule has 1 heterocycles. The standard InChI is InChI=1S/C17H22N2/c1-2-10-18-17-9-5-7-15(17)14-11-13-6-3-4-8-16(13)19-12-14/h3-4,6,8,11-12,15,17-18H,2,5,7,9-10H2,1H3. The Hall–Kier alpha value is -1.41. The number of benzene rings is 1. The molecule has 2 unspecified atom stereocenters. The number of nitrogens with zero attached hydrogens (tertiary/aromatic N) is 1. The van der Waals surface area contributed by atoms with Crippen LogP contribution >= 0.6 is 0 Å². The summed E-state index contributed by atoms with van der Waals surface area (Å²) < 4.78 is 0. The van der Waals surface area contributed by atoms with E-state index in [9.17, 15) is 0 Å². The fourth-order valence-electron chi connectivity index (χ4n) is 3.22. The van der Waals surface area contributed by atoms with E-state index in [1.165, 1.54) is 36.6 Å². The highest BCUT2D eigenvalue weighted by Gasteiger charge is 2.28. The first-order valence-electron chi connectivity index (χ1n) is 7.46. The van der Waals surface area contributed by atoms with Crippen LogP contribution in [0.15, 0.2) is 36.5 Å². The van der Waals surface area contributed by atoms with Gasteiger partial charge in [0.1, 0.15) is 0 Å². The summed E-state index contributed by atoms with van der Waals surface area (Å²) in [5.74, 6) is 0.642. The van der Waals surface area contributed by atoms with Crippen molar-refractivity contribution in [3.8, 4) is 0 Å². The van der Waals surface area contributed by atoms with Gasteiger partial charge >= 0.3 is 0 Å². The predicted octanol–water partition coefficient (Wildman–Crippen LogP) is 3.87. The van der Waals surface area contributed by atoms with Crippen LogP contribution in [0.2, 0.25) is 0 Å². The average Bonchev–Trinajstić information content (AvgIpc) is 2.93. The molecule has 1 aromatic carbocycles. The minimum Gasteiger partial charge on any atom is -0.313 e. The molecule has 2 atom stereocenters. The van der Waals surface area contributed by atoms with E-state index in [0.717, 1.165) is 12.1 Å². The van der Waals surface area contributed by atoms with Crippen molar-refractivity contribution in [1.82, 2.24) is 10.3 Å². The van der Waals surface area contributed by atoms with E-state index in [2.05, 4.69) is 53.8 Å². The Bertz CT molecular complexity index is 550. The zero-order chi connectivity index (χ0) is 13.1. The Morgan fingerprint density at radius 3 is 3.05 bits per heavy atom. The first-order valence-corrected chi connectivity index (χ1v) is 7.46. The van der Waals surface area contributed by atoms with Crippen molar-refractivity contribution < 1.29 is 0 Å². The lowest BCUT2D eigenvalue weighted by atomic mass is 9.94. The van der Waals surface area contributed by atoms with Crippen molar-refractivity contribution in [2.24, 2.45) is 0 Å². The predicted molar refractivity (Wildman–Crippen MR) is 80.4 cm³/mol. The van der Waals surface area contributed by atoms with Gasteiger partial charge in [0, 0.05) is 23.5 Å². The number of hydrogen-bond donors (Lipinski definition) is 1. The van der Waals surface area contributed by atoms with E-state index in [1.807, 2.05) is 0 Å². The molecule has 0 bridgehead atoms. The first-order chi connectivity index (χ1) is 9.38. The summed E-state index contributed by atoms with van der Waals surface area (Å²) in [6, 6.07) is 11.4. The van der Waals surface area contributed by atoms with Gasteiger partial charge in [0.15, 0.2) is 0 Å². The van der Waals surface area contributed by atoms with Crippen LogP contribution in [0.4, 0.5) is 0 Å². The Kier molecular flexibility index (Phi) is 3.79. The van der Waals surface area contributed by atoms with Crippen LogP contribution in [0.25, 0.3) is 10.9 Å². The second-order valence-electron chi connectivity index (χ2n) is 5.56. The van der Waals surface area contributed by atoms with E-state index in [0.29, 0.717) is 12.0 Å². The molecule has 2 heteroatoms. The molecule has 0 amide bonds. The fraction of sp³-hybridized carbons (Fsp3) is 0.471. The van der Waals surface area contributed by atoms with E-state index in [1.54, 1.807) is 0 Å². The highest BCUT2D eigenvalue weighted by Crippen LogP contribution is 2.35. The lowest BCUT2D eigenvalue weighted by Gasteiger charge is -2.21. The Morgan fingerprint density at radius 1 is 1.26 bits per heavy atom. The van der Waals surface area contributed by atoms with Crippen LogP contribution in [0.3, 0.4) is 0 Å². The van der Waals surface area contributed by atoms with E-state index >= 15 is 0 Å². The molecular formula is C17H22N2. The summed E-state index contributed by atoms with van der Waals surface area (Å²) in [7, 11) is 0. The van der Waals surface area contributed by atoms with Gasteiger partial charge in [0.25, 0.3) is 0 Å². The zero-order valence-electron chi connectivity index (χ0n) is 11.6. The molecule has 100 valence electrons. The fourth-order valence-corrected chi connectivity index (χ4v) is 3.22. The molecule has 1 aromatic heterocycles. The highest BCUT2D eigenvalue weighted by atomic mass is 14.9. The molecule has 1 N–H and O–H groups in total. The minimum absolute atomic E-state index is 0.642. The van der Waals surface area contributed by atoms with Crippen LogP contribution in [0, 0.1) is 0 Å². The molecule has 3 rings (SSSR count). The van der Waals surface area contributed by atoms with Gasteiger partial charge < -0.3 is 5.32 Å². The van der Waals surface area contributed by atoms with E-state index in [-0.39, 0.29) is 0 Å². The smallest absolute Gasteiger partial charge is 0.0702 e. The summed E-state index contributed by atoms with van der Waals surface area (Å²) >= 11 is 0. The third kappa shape index (κ3) is 2.64. The highest BCUT2D eigenvalue weighted by molar-refractivity contribution is 5.78. The molecule has 1 aliphatic carbocycles. The Balaban J connectivity index is 1.86. The molecule has 2 aromatic rings. The van der Waals surface area contributed by atoms with Crippen LogP contribution in [0.1, 0.15) is 44.1 Å². The van der Waals surface area contributed by atoms with Gasteiger partial charge in [-0.3, -0.25) is 4.98 Å². The first kappa shape index (κ1) is 12.6. The summed E-state index contributed by atoms with van der Waals surface area (Å²) in [6.45, 7) is 3.36. The lowest BCUT2D eigenvalue weighted by molar-refractivity contribution is 0.478. The van der Waals surface area contributed by atoms with Gasteiger partial charge in [-0.05, 0) is 43.5 Å². The minimum atomic E-state index is 0.642. The van der Waals surface area contributed by atoms with Crippen molar-refractivity contribution in [3.63, 3.8) is 0 Å². The maximum absolute atomic E-state index is 4.61. The topological polar surface area (TPSA) is 24.9 Å². The maximum Gasteiger partial charge on any atom is 0.0702 e. The molecule has 0 aliphatic heterocycles. The molecule has 19 heavy (non-hydrogen) atoms. The number of pyridine rings is 1. The second-order valence-corrected chi connectivity index (χ2v) is 5.56. The normalized spacial score (nSPS) is 23.0. The van der Waals surface area contributed by atoms with Gasteiger partial charge in [-0.15, -0.1) is 0 Å². The lowest BCUT2D eigenvalue weighted by Crippen LogP contribution is -2.31. The SMILES string of the molecule is CCCNC1CCCC1c1cnc2ccccc2c1. The van der Waals surface area contributed by atoms with Crippen molar-refractivity contribution in [2.75, 3.05) is 6.54 Å². The molecule has 0 saturated heterocycles. The van der Waals surface area contributed by atoms with Gasteiger partial charge in [-0.25, -0.2) is 0 Å². The third-order valence-corrected chi connectivity index (χ3v) is 4.21. The summed E-state index contributed by atoms with van der Waals surface area (Å²) in [6.07, 6.45) is 7.22. The van der Waals surface area contributed by atoms with Gasteiger partial charge in [-0.2, -0.15) is 0 Å². The zero-order valence-corrected chi connectivity index (χ0v) is 11.6. The second kappa shape index (κ2) is 5.70. The van der Waals surface area contributed by atoms with E-state index < -0.39 is 0 Å².